The van der Waals surface area contributed by atoms with E-state index < -0.39 is 23.8 Å². The van der Waals surface area contributed by atoms with Crippen LogP contribution in [0.25, 0.3) is 0 Å². The van der Waals surface area contributed by atoms with Gasteiger partial charge in [0.2, 0.25) is 5.91 Å². The minimum absolute atomic E-state index is 0.202. The standard InChI is InChI=1S/C18H17FN2O4/c1-11(17(23)21-15-8-6-14(19)7-9-15)25-18(24)13-4-3-5-16(10-13)20-12(2)22/h3-11H,1-2H3,(H,20,22)(H,21,23). The third kappa shape index (κ3) is 5.42. The van der Waals surface area contributed by atoms with Crippen molar-refractivity contribution in [3.63, 3.8) is 0 Å². The topological polar surface area (TPSA) is 84.5 Å². The largest absolute Gasteiger partial charge is 0.449 e. The lowest BCUT2D eigenvalue weighted by Crippen LogP contribution is -2.30. The number of esters is 1. The molecule has 6 nitrogen and oxygen atoms in total. The zero-order valence-electron chi connectivity index (χ0n) is 13.7. The Kier molecular flexibility index (Phi) is 5.84. The SMILES string of the molecule is CC(=O)Nc1cccc(C(=O)OC(C)C(=O)Nc2ccc(F)cc2)c1. The highest BCUT2D eigenvalue weighted by Gasteiger charge is 2.19. The van der Waals surface area contributed by atoms with Gasteiger partial charge in [-0.1, -0.05) is 6.07 Å². The lowest BCUT2D eigenvalue weighted by molar-refractivity contribution is -0.123. The van der Waals surface area contributed by atoms with Gasteiger partial charge in [0.05, 0.1) is 5.56 Å². The molecule has 2 amide bonds. The first-order valence-electron chi connectivity index (χ1n) is 7.50. The molecule has 0 aliphatic carbocycles. The maximum Gasteiger partial charge on any atom is 0.338 e. The number of ether oxygens (including phenoxy) is 1. The summed E-state index contributed by atoms with van der Waals surface area (Å²) in [6.45, 7) is 2.78. The molecule has 0 fully saturated rings. The van der Waals surface area contributed by atoms with Crippen LogP contribution in [-0.4, -0.2) is 23.9 Å². The van der Waals surface area contributed by atoms with E-state index in [-0.39, 0.29) is 11.5 Å². The molecule has 0 aliphatic heterocycles. The molecule has 0 radical (unpaired) electrons. The molecule has 130 valence electrons. The predicted octanol–water partition coefficient (Wildman–Crippen LogP) is 2.97. The van der Waals surface area contributed by atoms with Gasteiger partial charge in [0.15, 0.2) is 6.10 Å². The van der Waals surface area contributed by atoms with E-state index in [4.69, 9.17) is 4.74 Å². The van der Waals surface area contributed by atoms with E-state index >= 15 is 0 Å². The summed E-state index contributed by atoms with van der Waals surface area (Å²) in [5, 5.41) is 5.08. The first-order chi connectivity index (χ1) is 11.8. The Morgan fingerprint density at radius 1 is 1.00 bits per heavy atom. The van der Waals surface area contributed by atoms with Crippen molar-refractivity contribution in [1.29, 1.82) is 0 Å². The highest BCUT2D eigenvalue weighted by atomic mass is 19.1. The zero-order chi connectivity index (χ0) is 18.4. The van der Waals surface area contributed by atoms with Gasteiger partial charge >= 0.3 is 5.97 Å². The Balaban J connectivity index is 1.98. The molecule has 1 unspecified atom stereocenters. The van der Waals surface area contributed by atoms with Crippen LogP contribution in [-0.2, 0) is 14.3 Å². The number of carbonyl (C=O) groups is 3. The number of halogens is 1. The fourth-order valence-corrected chi connectivity index (χ4v) is 1.99. The second kappa shape index (κ2) is 8.05. The molecular weight excluding hydrogens is 327 g/mol. The van der Waals surface area contributed by atoms with E-state index in [1.54, 1.807) is 12.1 Å². The fraction of sp³-hybridized carbons (Fsp3) is 0.167. The summed E-state index contributed by atoms with van der Waals surface area (Å²) in [6, 6.07) is 11.4. The number of hydrogen-bond donors (Lipinski definition) is 2. The molecule has 0 bridgehead atoms. The van der Waals surface area contributed by atoms with Crippen LogP contribution >= 0.6 is 0 Å². The predicted molar refractivity (Wildman–Crippen MR) is 90.7 cm³/mol. The van der Waals surface area contributed by atoms with Gasteiger partial charge in [-0.2, -0.15) is 0 Å². The smallest absolute Gasteiger partial charge is 0.338 e. The van der Waals surface area contributed by atoms with Crippen molar-refractivity contribution in [1.82, 2.24) is 0 Å². The van der Waals surface area contributed by atoms with Crippen molar-refractivity contribution < 1.29 is 23.5 Å². The molecule has 2 rings (SSSR count). The number of carbonyl (C=O) groups excluding carboxylic acids is 3. The van der Waals surface area contributed by atoms with Crippen LogP contribution in [0.2, 0.25) is 0 Å². The van der Waals surface area contributed by atoms with Crippen LogP contribution in [0.4, 0.5) is 15.8 Å². The van der Waals surface area contributed by atoms with Crippen LogP contribution in [0.1, 0.15) is 24.2 Å². The summed E-state index contributed by atoms with van der Waals surface area (Å²) in [5.74, 6) is -1.93. The van der Waals surface area contributed by atoms with Crippen molar-refractivity contribution in [2.45, 2.75) is 20.0 Å². The monoisotopic (exact) mass is 344 g/mol. The van der Waals surface area contributed by atoms with E-state index in [1.165, 1.54) is 50.2 Å². The Morgan fingerprint density at radius 3 is 2.32 bits per heavy atom. The van der Waals surface area contributed by atoms with Crippen molar-refractivity contribution in [2.75, 3.05) is 10.6 Å². The zero-order valence-corrected chi connectivity index (χ0v) is 13.7. The Bertz CT molecular complexity index is 790. The summed E-state index contributed by atoms with van der Waals surface area (Å²) >= 11 is 0. The van der Waals surface area contributed by atoms with Crippen molar-refractivity contribution in [3.05, 3.63) is 59.9 Å². The molecule has 0 aliphatic rings. The van der Waals surface area contributed by atoms with Gasteiger partial charge < -0.3 is 15.4 Å². The summed E-state index contributed by atoms with van der Waals surface area (Å²) in [4.78, 5) is 35.2. The van der Waals surface area contributed by atoms with Crippen LogP contribution < -0.4 is 10.6 Å². The quantitative estimate of drug-likeness (QED) is 0.817. The number of hydrogen-bond acceptors (Lipinski definition) is 4. The maximum absolute atomic E-state index is 12.8. The van der Waals surface area contributed by atoms with Gasteiger partial charge in [-0.05, 0) is 49.4 Å². The van der Waals surface area contributed by atoms with Crippen LogP contribution in [0, 0.1) is 5.82 Å². The van der Waals surface area contributed by atoms with Gasteiger partial charge in [-0.3, -0.25) is 9.59 Å². The van der Waals surface area contributed by atoms with Crippen LogP contribution in [0.3, 0.4) is 0 Å². The third-order valence-electron chi connectivity index (χ3n) is 3.18. The second-order valence-corrected chi connectivity index (χ2v) is 5.31. The number of anilines is 2. The molecule has 0 saturated carbocycles. The van der Waals surface area contributed by atoms with Crippen LogP contribution in [0.5, 0.6) is 0 Å². The highest BCUT2D eigenvalue weighted by molar-refractivity contribution is 5.98. The van der Waals surface area contributed by atoms with E-state index in [1.807, 2.05) is 0 Å². The molecule has 1 atom stereocenters. The first kappa shape index (κ1) is 18.1. The third-order valence-corrected chi connectivity index (χ3v) is 3.18. The Morgan fingerprint density at radius 2 is 1.68 bits per heavy atom. The molecule has 0 saturated heterocycles. The maximum atomic E-state index is 12.8. The fourth-order valence-electron chi connectivity index (χ4n) is 1.99. The van der Waals surface area contributed by atoms with E-state index in [0.29, 0.717) is 11.4 Å². The molecule has 25 heavy (non-hydrogen) atoms. The number of benzene rings is 2. The minimum atomic E-state index is -1.05. The minimum Gasteiger partial charge on any atom is -0.449 e. The second-order valence-electron chi connectivity index (χ2n) is 5.31. The summed E-state index contributed by atoms with van der Waals surface area (Å²) < 4.78 is 18.0. The summed E-state index contributed by atoms with van der Waals surface area (Å²) in [6.07, 6.45) is -1.05. The molecule has 0 aromatic heterocycles. The first-order valence-corrected chi connectivity index (χ1v) is 7.50. The average Bonchev–Trinajstić information content (AvgIpc) is 2.56. The molecule has 0 heterocycles. The molecule has 2 aromatic rings. The lowest BCUT2D eigenvalue weighted by atomic mass is 10.2. The molecule has 0 spiro atoms. The normalized spacial score (nSPS) is 11.3. The highest BCUT2D eigenvalue weighted by Crippen LogP contribution is 2.14. The lowest BCUT2D eigenvalue weighted by Gasteiger charge is -2.14. The molecule has 2 aromatic carbocycles. The Hall–Kier alpha value is -3.22. The number of rotatable bonds is 5. The van der Waals surface area contributed by atoms with E-state index in [2.05, 4.69) is 10.6 Å². The van der Waals surface area contributed by atoms with Crippen LogP contribution in [0.15, 0.2) is 48.5 Å². The van der Waals surface area contributed by atoms with Gasteiger partial charge in [-0.15, -0.1) is 0 Å². The van der Waals surface area contributed by atoms with Crippen molar-refractivity contribution in [2.24, 2.45) is 0 Å². The average molecular weight is 344 g/mol. The molecule has 7 heteroatoms. The van der Waals surface area contributed by atoms with E-state index in [0.717, 1.165) is 0 Å². The van der Waals surface area contributed by atoms with Gasteiger partial charge in [-0.25, -0.2) is 9.18 Å². The number of nitrogens with one attached hydrogen (secondary N) is 2. The molecular formula is C18H17FN2O4. The molecule has 2 N–H and O–H groups in total. The van der Waals surface area contributed by atoms with E-state index in [9.17, 15) is 18.8 Å². The number of amides is 2. The van der Waals surface area contributed by atoms with Crippen molar-refractivity contribution >= 4 is 29.2 Å². The Labute approximate surface area is 144 Å². The summed E-state index contributed by atoms with van der Waals surface area (Å²) in [5.41, 5.74) is 1.04. The van der Waals surface area contributed by atoms with Gasteiger partial charge in [0.1, 0.15) is 5.82 Å². The summed E-state index contributed by atoms with van der Waals surface area (Å²) in [7, 11) is 0. The van der Waals surface area contributed by atoms with Crippen molar-refractivity contribution in [3.8, 4) is 0 Å². The van der Waals surface area contributed by atoms with Gasteiger partial charge in [0, 0.05) is 18.3 Å². The van der Waals surface area contributed by atoms with Gasteiger partial charge in [0.25, 0.3) is 5.91 Å².